The molecule has 0 radical (unpaired) electrons. The number of aromatic hydroxyl groups is 1. The lowest BCUT2D eigenvalue weighted by Gasteiger charge is -2.09. The van der Waals surface area contributed by atoms with Crippen LogP contribution >= 0.6 is 0 Å². The van der Waals surface area contributed by atoms with Crippen molar-refractivity contribution < 1.29 is 10.3 Å². The van der Waals surface area contributed by atoms with E-state index < -0.39 is 11.2 Å². The van der Waals surface area contributed by atoms with Crippen LogP contribution in [0.4, 0.5) is 0 Å². The molecule has 1 aliphatic heterocycles. The molecule has 66 valence electrons. The number of phenolic OH excluding ortho intramolecular Hbond substituents is 1. The Morgan fingerprint density at radius 2 is 2.00 bits per heavy atom. The number of hydrogen-bond donors (Lipinski definition) is 2. The van der Waals surface area contributed by atoms with Crippen molar-refractivity contribution in [1.82, 2.24) is 4.73 Å². The van der Waals surface area contributed by atoms with Crippen molar-refractivity contribution in [2.45, 2.75) is 0 Å². The standard InChI is InChI=1S/C9H7NO3/c11-7-4-3-6-2-1-5-10(13)8(6)9(7)12/h1-5,12-13H. The quantitative estimate of drug-likeness (QED) is 0.587. The molecule has 1 heterocycles. The van der Waals surface area contributed by atoms with Crippen LogP contribution < -0.4 is 5.43 Å². The van der Waals surface area contributed by atoms with Gasteiger partial charge in [-0.25, -0.2) is 0 Å². The molecule has 0 aromatic carbocycles. The highest BCUT2D eigenvalue weighted by Gasteiger charge is 2.12. The molecule has 0 unspecified atom stereocenters. The molecule has 2 rings (SSSR count). The summed E-state index contributed by atoms with van der Waals surface area (Å²) >= 11 is 0. The molecular weight excluding hydrogens is 170 g/mol. The molecule has 1 aliphatic carbocycles. The minimum Gasteiger partial charge on any atom is -0.503 e. The topological polar surface area (TPSA) is 62.5 Å². The van der Waals surface area contributed by atoms with Crippen molar-refractivity contribution >= 4 is 0 Å². The van der Waals surface area contributed by atoms with Crippen LogP contribution in [-0.2, 0) is 0 Å². The largest absolute Gasteiger partial charge is 0.503 e. The van der Waals surface area contributed by atoms with Gasteiger partial charge in [-0.15, -0.1) is 0 Å². The molecule has 0 spiro atoms. The SMILES string of the molecule is O=c1ccc2cccn(O)c-2c1O. The van der Waals surface area contributed by atoms with Gasteiger partial charge in [0.1, 0.15) is 5.69 Å². The Balaban J connectivity index is 2.96. The second-order valence-electron chi connectivity index (χ2n) is 2.70. The number of nitrogens with zero attached hydrogens (tertiary/aromatic N) is 1. The van der Waals surface area contributed by atoms with Crippen LogP contribution in [0.25, 0.3) is 11.3 Å². The molecule has 2 aliphatic rings. The van der Waals surface area contributed by atoms with E-state index in [9.17, 15) is 15.1 Å². The van der Waals surface area contributed by atoms with E-state index in [0.717, 1.165) is 4.73 Å². The summed E-state index contributed by atoms with van der Waals surface area (Å²) in [6.45, 7) is 0. The molecule has 2 N–H and O–H groups in total. The summed E-state index contributed by atoms with van der Waals surface area (Å²) in [6, 6.07) is 6.12. The van der Waals surface area contributed by atoms with E-state index in [4.69, 9.17) is 0 Å². The highest BCUT2D eigenvalue weighted by molar-refractivity contribution is 5.67. The Morgan fingerprint density at radius 3 is 2.77 bits per heavy atom. The van der Waals surface area contributed by atoms with E-state index in [2.05, 4.69) is 0 Å². The average Bonchev–Trinajstić information content (AvgIpc) is 2.12. The number of aromatic nitrogens is 1. The zero-order chi connectivity index (χ0) is 9.42. The zero-order valence-corrected chi connectivity index (χ0v) is 6.64. The maximum Gasteiger partial charge on any atom is 0.222 e. The maximum absolute atomic E-state index is 11.0. The fourth-order valence-corrected chi connectivity index (χ4v) is 1.25. The second kappa shape index (κ2) is 2.52. The average molecular weight is 177 g/mol. The molecular formula is C9H7NO3. The van der Waals surface area contributed by atoms with E-state index in [1.165, 1.54) is 12.3 Å². The van der Waals surface area contributed by atoms with Gasteiger partial charge in [0.15, 0.2) is 5.75 Å². The molecule has 0 bridgehead atoms. The molecule has 0 saturated heterocycles. The third-order valence-electron chi connectivity index (χ3n) is 1.88. The zero-order valence-electron chi connectivity index (χ0n) is 6.64. The van der Waals surface area contributed by atoms with Crippen LogP contribution in [-0.4, -0.2) is 15.0 Å². The lowest BCUT2D eigenvalue weighted by molar-refractivity contribution is 0.186. The monoisotopic (exact) mass is 177 g/mol. The predicted molar refractivity (Wildman–Crippen MR) is 46.2 cm³/mol. The Hall–Kier alpha value is -1.97. The lowest BCUT2D eigenvalue weighted by Crippen LogP contribution is -2.06. The van der Waals surface area contributed by atoms with Gasteiger partial charge in [-0.3, -0.25) is 4.79 Å². The van der Waals surface area contributed by atoms with Gasteiger partial charge in [0.25, 0.3) is 0 Å². The Labute approximate surface area is 73.6 Å². The van der Waals surface area contributed by atoms with Crippen LogP contribution in [0.3, 0.4) is 0 Å². The first-order valence-corrected chi connectivity index (χ1v) is 3.73. The summed E-state index contributed by atoms with van der Waals surface area (Å²) in [7, 11) is 0. The first kappa shape index (κ1) is 7.67. The summed E-state index contributed by atoms with van der Waals surface area (Å²) in [5.41, 5.74) is 0.249. The Kier molecular flexibility index (Phi) is 1.48. The molecule has 0 fully saturated rings. The van der Waals surface area contributed by atoms with E-state index >= 15 is 0 Å². The van der Waals surface area contributed by atoms with Gasteiger partial charge >= 0.3 is 0 Å². The Bertz CT molecular complexity index is 475. The minimum atomic E-state index is -0.499. The number of hydrogen-bond acceptors (Lipinski definition) is 3. The fourth-order valence-electron chi connectivity index (χ4n) is 1.25. The first-order chi connectivity index (χ1) is 6.20. The van der Waals surface area contributed by atoms with E-state index in [-0.39, 0.29) is 5.69 Å². The van der Waals surface area contributed by atoms with E-state index in [1.54, 1.807) is 18.2 Å². The van der Waals surface area contributed by atoms with Gasteiger partial charge in [-0.1, -0.05) is 6.07 Å². The number of phenols is 1. The van der Waals surface area contributed by atoms with Crippen LogP contribution in [0, 0.1) is 0 Å². The maximum atomic E-state index is 11.0. The molecule has 4 nitrogen and oxygen atoms in total. The van der Waals surface area contributed by atoms with Gasteiger partial charge < -0.3 is 10.3 Å². The van der Waals surface area contributed by atoms with Crippen molar-refractivity contribution in [3.8, 4) is 17.0 Å². The minimum absolute atomic E-state index is 0.134. The number of rotatable bonds is 0. The molecule has 13 heavy (non-hydrogen) atoms. The summed E-state index contributed by atoms with van der Waals surface area (Å²) in [5, 5.41) is 18.6. The third-order valence-corrected chi connectivity index (χ3v) is 1.88. The summed E-state index contributed by atoms with van der Waals surface area (Å²) in [4.78, 5) is 11.0. The van der Waals surface area contributed by atoms with Crippen LogP contribution in [0.15, 0.2) is 35.3 Å². The van der Waals surface area contributed by atoms with Crippen molar-refractivity contribution in [2.24, 2.45) is 0 Å². The fraction of sp³-hybridized carbons (Fsp3) is 0. The third kappa shape index (κ3) is 1.03. The van der Waals surface area contributed by atoms with Crippen LogP contribution in [0.2, 0.25) is 0 Å². The first-order valence-electron chi connectivity index (χ1n) is 3.73. The van der Waals surface area contributed by atoms with Crippen molar-refractivity contribution in [2.75, 3.05) is 0 Å². The summed E-state index contributed by atoms with van der Waals surface area (Å²) < 4.78 is 0.728. The van der Waals surface area contributed by atoms with E-state index in [0.29, 0.717) is 5.56 Å². The molecule has 0 amide bonds. The molecule has 0 saturated carbocycles. The Morgan fingerprint density at radius 1 is 1.23 bits per heavy atom. The molecule has 4 heteroatoms. The van der Waals surface area contributed by atoms with Gasteiger partial charge in [-0.2, -0.15) is 4.73 Å². The van der Waals surface area contributed by atoms with Gasteiger partial charge in [0, 0.05) is 11.8 Å². The van der Waals surface area contributed by atoms with Gasteiger partial charge in [-0.05, 0) is 18.2 Å². The molecule has 0 aromatic heterocycles. The lowest BCUT2D eigenvalue weighted by atomic mass is 10.1. The van der Waals surface area contributed by atoms with Crippen molar-refractivity contribution in [3.05, 3.63) is 40.7 Å². The number of benzene rings is 1. The van der Waals surface area contributed by atoms with Crippen molar-refractivity contribution in [3.63, 3.8) is 0 Å². The number of pyridine rings is 1. The van der Waals surface area contributed by atoms with Gasteiger partial charge in [0.2, 0.25) is 5.43 Å². The highest BCUT2D eigenvalue weighted by atomic mass is 16.5. The van der Waals surface area contributed by atoms with Crippen LogP contribution in [0.1, 0.15) is 0 Å². The van der Waals surface area contributed by atoms with Crippen LogP contribution in [0.5, 0.6) is 5.75 Å². The van der Waals surface area contributed by atoms with Crippen molar-refractivity contribution in [1.29, 1.82) is 0 Å². The van der Waals surface area contributed by atoms with E-state index in [1.807, 2.05) is 0 Å². The van der Waals surface area contributed by atoms with Gasteiger partial charge in [0.05, 0.1) is 0 Å². The normalized spacial score (nSPS) is 10.5. The highest BCUT2D eigenvalue weighted by Crippen LogP contribution is 2.25. The number of fused-ring (bicyclic) bond motifs is 1. The smallest absolute Gasteiger partial charge is 0.222 e. The summed E-state index contributed by atoms with van der Waals surface area (Å²) in [5.74, 6) is -0.430. The second-order valence-corrected chi connectivity index (χ2v) is 2.70. The summed E-state index contributed by atoms with van der Waals surface area (Å²) in [6.07, 6.45) is 1.35. The molecule has 0 atom stereocenters. The predicted octanol–water partition coefficient (Wildman–Crippen LogP) is 0.896. The molecule has 0 aromatic rings.